The summed E-state index contributed by atoms with van der Waals surface area (Å²) in [5.41, 5.74) is 2.31. The zero-order valence-corrected chi connectivity index (χ0v) is 14.7. The highest BCUT2D eigenvalue weighted by molar-refractivity contribution is 5.60. The van der Waals surface area contributed by atoms with Crippen LogP contribution in [0.5, 0.6) is 5.75 Å². The third kappa shape index (κ3) is 4.13. The fourth-order valence-corrected chi connectivity index (χ4v) is 2.50. The number of nitro groups is 1. The maximum atomic E-state index is 10.7. The second-order valence-electron chi connectivity index (χ2n) is 5.69. The van der Waals surface area contributed by atoms with Crippen molar-refractivity contribution in [3.05, 3.63) is 52.1 Å². The molecule has 1 N–H and O–H groups in total. The van der Waals surface area contributed by atoms with Gasteiger partial charge in [-0.1, -0.05) is 0 Å². The minimum Gasteiger partial charge on any atom is -0.505 e. The van der Waals surface area contributed by atoms with Crippen molar-refractivity contribution in [2.75, 3.05) is 11.4 Å². The van der Waals surface area contributed by atoms with E-state index >= 15 is 0 Å². The van der Waals surface area contributed by atoms with E-state index in [4.69, 9.17) is 5.26 Å². The third-order valence-electron chi connectivity index (χ3n) is 3.94. The first-order valence-electron chi connectivity index (χ1n) is 8.03. The Morgan fingerprint density at radius 1 is 1.27 bits per heavy atom. The van der Waals surface area contributed by atoms with Crippen LogP contribution in [0.1, 0.15) is 19.4 Å². The van der Waals surface area contributed by atoms with E-state index in [-0.39, 0.29) is 23.2 Å². The molecule has 8 heteroatoms. The predicted molar refractivity (Wildman–Crippen MR) is 98.2 cm³/mol. The number of anilines is 1. The van der Waals surface area contributed by atoms with Gasteiger partial charge in [0.05, 0.1) is 22.7 Å². The van der Waals surface area contributed by atoms with E-state index in [1.165, 1.54) is 12.1 Å². The lowest BCUT2D eigenvalue weighted by molar-refractivity contribution is -0.384. The molecule has 2 aromatic carbocycles. The molecule has 2 rings (SSSR count). The number of benzene rings is 2. The van der Waals surface area contributed by atoms with E-state index in [9.17, 15) is 15.2 Å². The first kappa shape index (κ1) is 18.9. The summed E-state index contributed by atoms with van der Waals surface area (Å²) in [6.45, 7) is 6.39. The topological polar surface area (TPSA) is 115 Å². The Labute approximate surface area is 151 Å². The molecule has 26 heavy (non-hydrogen) atoms. The van der Waals surface area contributed by atoms with Crippen LogP contribution in [0, 0.1) is 28.4 Å². The lowest BCUT2D eigenvalue weighted by atomic mass is 10.1. The maximum absolute atomic E-state index is 10.7. The number of nitriles is 1. The summed E-state index contributed by atoms with van der Waals surface area (Å²) in [7, 11) is 0. The SMILES string of the molecule is CCN(c1ccc(N=Nc2ccc([N+](=O)[O-])cc2O)c(C)c1)C(C)C#N. The van der Waals surface area contributed by atoms with Gasteiger partial charge in [-0.05, 0) is 50.6 Å². The van der Waals surface area contributed by atoms with Crippen LogP contribution in [0.3, 0.4) is 0 Å². The molecule has 0 spiro atoms. The highest BCUT2D eigenvalue weighted by Crippen LogP contribution is 2.33. The van der Waals surface area contributed by atoms with Gasteiger partial charge in [-0.2, -0.15) is 10.4 Å². The molecule has 0 radical (unpaired) electrons. The standard InChI is InChI=1S/C18H19N5O3/c1-4-22(13(3)11-19)14-5-7-16(12(2)9-14)20-21-17-8-6-15(23(25)26)10-18(17)24/h5-10,13,24H,4H2,1-3H3. The van der Waals surface area contributed by atoms with Gasteiger partial charge in [0, 0.05) is 18.3 Å². The molecular formula is C18H19N5O3. The summed E-state index contributed by atoms with van der Waals surface area (Å²) in [6, 6.07) is 11.2. The number of aromatic hydroxyl groups is 1. The molecule has 1 unspecified atom stereocenters. The van der Waals surface area contributed by atoms with Gasteiger partial charge in [-0.3, -0.25) is 10.1 Å². The highest BCUT2D eigenvalue weighted by Gasteiger charge is 2.13. The largest absolute Gasteiger partial charge is 0.505 e. The summed E-state index contributed by atoms with van der Waals surface area (Å²) in [5.74, 6) is -0.308. The van der Waals surface area contributed by atoms with E-state index in [1.807, 2.05) is 37.8 Å². The molecule has 0 saturated heterocycles. The molecule has 2 aromatic rings. The number of rotatable bonds is 6. The van der Waals surface area contributed by atoms with Gasteiger partial charge in [-0.25, -0.2) is 0 Å². The summed E-state index contributed by atoms with van der Waals surface area (Å²) in [6.07, 6.45) is 0. The Hall–Kier alpha value is -3.47. The summed E-state index contributed by atoms with van der Waals surface area (Å²) in [4.78, 5) is 12.1. The van der Waals surface area contributed by atoms with Crippen LogP contribution >= 0.6 is 0 Å². The number of non-ortho nitro benzene ring substituents is 1. The molecule has 0 aliphatic rings. The Morgan fingerprint density at radius 3 is 2.46 bits per heavy atom. The van der Waals surface area contributed by atoms with Crippen LogP contribution in [0.15, 0.2) is 46.6 Å². The van der Waals surface area contributed by atoms with Gasteiger partial charge in [0.15, 0.2) is 0 Å². The number of phenols is 1. The van der Waals surface area contributed by atoms with Gasteiger partial charge >= 0.3 is 0 Å². The van der Waals surface area contributed by atoms with Crippen LogP contribution in [-0.2, 0) is 0 Å². The molecule has 0 heterocycles. The highest BCUT2D eigenvalue weighted by atomic mass is 16.6. The number of phenolic OH excluding ortho intramolecular Hbond substituents is 1. The summed E-state index contributed by atoms with van der Waals surface area (Å²) in [5, 5.41) is 37.7. The normalized spacial score (nSPS) is 11.9. The number of aryl methyl sites for hydroxylation is 1. The second-order valence-corrected chi connectivity index (χ2v) is 5.69. The maximum Gasteiger partial charge on any atom is 0.273 e. The molecular weight excluding hydrogens is 334 g/mol. The molecule has 0 bridgehead atoms. The van der Waals surface area contributed by atoms with E-state index in [1.54, 1.807) is 6.07 Å². The van der Waals surface area contributed by atoms with Crippen molar-refractivity contribution in [1.82, 2.24) is 0 Å². The van der Waals surface area contributed by atoms with Crippen LogP contribution in [0.4, 0.5) is 22.7 Å². The Bertz CT molecular complexity index is 889. The number of hydrogen-bond donors (Lipinski definition) is 1. The van der Waals surface area contributed by atoms with Crippen molar-refractivity contribution in [3.63, 3.8) is 0 Å². The smallest absolute Gasteiger partial charge is 0.273 e. The average molecular weight is 353 g/mol. The predicted octanol–water partition coefficient (Wildman–Crippen LogP) is 4.76. The minimum absolute atomic E-state index is 0.146. The molecule has 8 nitrogen and oxygen atoms in total. The number of azo groups is 1. The Balaban J connectivity index is 2.27. The number of nitrogens with zero attached hydrogens (tertiary/aromatic N) is 5. The first-order valence-corrected chi connectivity index (χ1v) is 8.03. The van der Waals surface area contributed by atoms with Gasteiger partial charge in [0.25, 0.3) is 5.69 Å². The number of nitro benzene ring substituents is 1. The molecule has 134 valence electrons. The second kappa shape index (κ2) is 8.07. The van der Waals surface area contributed by atoms with Gasteiger partial charge < -0.3 is 10.0 Å². The van der Waals surface area contributed by atoms with Crippen molar-refractivity contribution >= 4 is 22.7 Å². The fraction of sp³-hybridized carbons (Fsp3) is 0.278. The van der Waals surface area contributed by atoms with Gasteiger partial charge in [0.2, 0.25) is 0 Å². The summed E-state index contributed by atoms with van der Waals surface area (Å²) >= 11 is 0. The zero-order valence-electron chi connectivity index (χ0n) is 14.7. The van der Waals surface area contributed by atoms with Crippen LogP contribution in [-0.4, -0.2) is 22.6 Å². The van der Waals surface area contributed by atoms with Crippen molar-refractivity contribution in [2.24, 2.45) is 10.2 Å². The summed E-state index contributed by atoms with van der Waals surface area (Å²) < 4.78 is 0. The van der Waals surface area contributed by atoms with E-state index in [0.717, 1.165) is 17.3 Å². The molecule has 0 saturated carbocycles. The Kier molecular flexibility index (Phi) is 5.86. The monoisotopic (exact) mass is 353 g/mol. The molecule has 0 aromatic heterocycles. The van der Waals surface area contributed by atoms with Crippen molar-refractivity contribution in [2.45, 2.75) is 26.8 Å². The van der Waals surface area contributed by atoms with E-state index in [0.29, 0.717) is 12.2 Å². The van der Waals surface area contributed by atoms with Crippen LogP contribution in [0.2, 0.25) is 0 Å². The molecule has 0 fully saturated rings. The Morgan fingerprint density at radius 2 is 1.92 bits per heavy atom. The third-order valence-corrected chi connectivity index (χ3v) is 3.94. The van der Waals surface area contributed by atoms with Crippen molar-refractivity contribution in [3.8, 4) is 11.8 Å². The molecule has 0 aliphatic heterocycles. The number of hydrogen-bond acceptors (Lipinski definition) is 7. The molecule has 0 amide bonds. The van der Waals surface area contributed by atoms with E-state index in [2.05, 4.69) is 16.3 Å². The zero-order chi connectivity index (χ0) is 19.3. The van der Waals surface area contributed by atoms with Crippen LogP contribution in [0.25, 0.3) is 0 Å². The molecule has 0 aliphatic carbocycles. The fourth-order valence-electron chi connectivity index (χ4n) is 2.50. The quantitative estimate of drug-likeness (QED) is 0.456. The van der Waals surface area contributed by atoms with Crippen molar-refractivity contribution < 1.29 is 10.0 Å². The van der Waals surface area contributed by atoms with Gasteiger partial charge in [0.1, 0.15) is 17.5 Å². The van der Waals surface area contributed by atoms with Gasteiger partial charge in [-0.15, -0.1) is 5.11 Å². The lowest BCUT2D eigenvalue weighted by Gasteiger charge is -2.26. The minimum atomic E-state index is -0.592. The van der Waals surface area contributed by atoms with E-state index < -0.39 is 4.92 Å². The average Bonchev–Trinajstić information content (AvgIpc) is 2.62. The van der Waals surface area contributed by atoms with Crippen LogP contribution < -0.4 is 4.90 Å². The molecule has 1 atom stereocenters. The lowest BCUT2D eigenvalue weighted by Crippen LogP contribution is -2.31. The first-order chi connectivity index (χ1) is 12.4. The van der Waals surface area contributed by atoms with Crippen molar-refractivity contribution in [1.29, 1.82) is 5.26 Å².